The summed E-state index contributed by atoms with van der Waals surface area (Å²) in [6.45, 7) is 0. The van der Waals surface area contributed by atoms with Gasteiger partial charge >= 0.3 is 0 Å². The van der Waals surface area contributed by atoms with Gasteiger partial charge in [-0.1, -0.05) is 6.08 Å². The molecule has 1 atom stereocenters. The number of hydroxylamine groups is 1. The average molecular weight is 240 g/mol. The van der Waals surface area contributed by atoms with Gasteiger partial charge in [0.05, 0.1) is 0 Å². The number of hydrogen-bond donors (Lipinski definition) is 1. The van der Waals surface area contributed by atoms with E-state index >= 15 is 0 Å². The van der Waals surface area contributed by atoms with E-state index in [1.807, 2.05) is 47.7 Å². The zero-order chi connectivity index (χ0) is 11.7. The van der Waals surface area contributed by atoms with E-state index in [1.165, 1.54) is 11.8 Å². The molecule has 0 aromatic carbocycles. The van der Waals surface area contributed by atoms with Crippen LogP contribution < -0.4 is 0 Å². The number of rotatable bonds is 2. The van der Waals surface area contributed by atoms with Gasteiger partial charge in [0, 0.05) is 13.2 Å². The van der Waals surface area contributed by atoms with E-state index in [0.717, 1.165) is 5.70 Å². The van der Waals surface area contributed by atoms with Crippen LogP contribution in [0.4, 0.5) is 0 Å². The van der Waals surface area contributed by atoms with Gasteiger partial charge in [-0.2, -0.15) is 5.01 Å². The topological polar surface area (TPSA) is 65.1 Å². The number of hydrazine groups is 1. The van der Waals surface area contributed by atoms with Crippen molar-refractivity contribution in [1.29, 1.82) is 0 Å². The molecule has 0 aromatic heterocycles. The molecular formula is C9H12N4O2S. The molecule has 0 aromatic rings. The molecule has 0 fully saturated rings. The van der Waals surface area contributed by atoms with Crippen LogP contribution in [0, 0.1) is 5.21 Å². The molecule has 2 rings (SSSR count). The summed E-state index contributed by atoms with van der Waals surface area (Å²) in [5.41, 5.74) is 1.16. The normalized spacial score (nSPS) is 25.5. The first-order chi connectivity index (χ1) is 7.70. The highest BCUT2D eigenvalue weighted by atomic mass is 32.2. The second-order valence-corrected chi connectivity index (χ2v) is 4.26. The lowest BCUT2D eigenvalue weighted by atomic mass is 10.2. The Bertz CT molecular complexity index is 416. The van der Waals surface area contributed by atoms with Crippen molar-refractivity contribution in [2.24, 2.45) is 5.28 Å². The van der Waals surface area contributed by atoms with Crippen molar-refractivity contribution >= 4 is 11.8 Å². The SMILES string of the molecule is CSC1C([N+]([O-])=NO)=C2C=CC=CN2N1C. The largest absolute Gasteiger partial charge is 0.592 e. The highest BCUT2D eigenvalue weighted by molar-refractivity contribution is 7.99. The minimum absolute atomic E-state index is 0.157. The van der Waals surface area contributed by atoms with Crippen molar-refractivity contribution in [2.45, 2.75) is 5.37 Å². The van der Waals surface area contributed by atoms with Crippen molar-refractivity contribution in [3.63, 3.8) is 0 Å². The van der Waals surface area contributed by atoms with Gasteiger partial charge in [-0.05, 0) is 23.3 Å². The fourth-order valence-electron chi connectivity index (χ4n) is 1.83. The molecule has 0 radical (unpaired) electrons. The third kappa shape index (κ3) is 1.48. The maximum Gasteiger partial charge on any atom is 0.278 e. The van der Waals surface area contributed by atoms with Gasteiger partial charge in [-0.15, -0.1) is 11.8 Å². The van der Waals surface area contributed by atoms with Crippen molar-refractivity contribution in [2.75, 3.05) is 13.3 Å². The van der Waals surface area contributed by atoms with Gasteiger partial charge in [0.1, 0.15) is 5.70 Å². The maximum atomic E-state index is 11.5. The van der Waals surface area contributed by atoms with E-state index in [2.05, 4.69) is 5.28 Å². The number of hydrogen-bond acceptors (Lipinski definition) is 5. The molecule has 0 bridgehead atoms. The van der Waals surface area contributed by atoms with Crippen LogP contribution in [0.5, 0.6) is 0 Å². The van der Waals surface area contributed by atoms with Crippen molar-refractivity contribution in [1.82, 2.24) is 10.0 Å². The summed E-state index contributed by atoms with van der Waals surface area (Å²) in [6, 6.07) is 0. The zero-order valence-electron chi connectivity index (χ0n) is 8.94. The monoisotopic (exact) mass is 240 g/mol. The average Bonchev–Trinajstić information content (AvgIpc) is 2.62. The predicted molar refractivity (Wildman–Crippen MR) is 60.1 cm³/mol. The van der Waals surface area contributed by atoms with Gasteiger partial charge in [0.25, 0.3) is 5.70 Å². The number of nitrogens with zero attached hydrogens (tertiary/aromatic N) is 4. The highest BCUT2D eigenvalue weighted by Crippen LogP contribution is 2.36. The third-order valence-corrected chi connectivity index (χ3v) is 3.50. The lowest BCUT2D eigenvalue weighted by Crippen LogP contribution is -2.35. The fourth-order valence-corrected chi connectivity index (χ4v) is 2.67. The van der Waals surface area contributed by atoms with Crippen molar-refractivity contribution in [3.8, 4) is 0 Å². The molecule has 2 heterocycles. The molecule has 0 aliphatic carbocycles. The summed E-state index contributed by atoms with van der Waals surface area (Å²) in [4.78, 5) is 0.260. The minimum Gasteiger partial charge on any atom is -0.592 e. The van der Waals surface area contributed by atoms with Crippen LogP contribution in [-0.4, -0.2) is 38.8 Å². The second-order valence-electron chi connectivity index (χ2n) is 3.34. The van der Waals surface area contributed by atoms with Crippen LogP contribution >= 0.6 is 11.8 Å². The van der Waals surface area contributed by atoms with E-state index in [-0.39, 0.29) is 10.2 Å². The van der Waals surface area contributed by atoms with Crippen LogP contribution in [-0.2, 0) is 0 Å². The molecule has 0 amide bonds. The van der Waals surface area contributed by atoms with E-state index in [9.17, 15) is 5.21 Å². The smallest absolute Gasteiger partial charge is 0.278 e. The molecule has 0 saturated carbocycles. The third-order valence-electron chi connectivity index (χ3n) is 2.53. The summed E-state index contributed by atoms with van der Waals surface area (Å²) in [6.07, 6.45) is 9.30. The Hall–Kier alpha value is -1.47. The molecular weight excluding hydrogens is 228 g/mol. The highest BCUT2D eigenvalue weighted by Gasteiger charge is 2.41. The molecule has 0 spiro atoms. The number of thioether (sulfide) groups is 1. The van der Waals surface area contributed by atoms with E-state index in [4.69, 9.17) is 5.21 Å². The van der Waals surface area contributed by atoms with Crippen LogP contribution in [0.3, 0.4) is 0 Å². The minimum atomic E-state index is -0.157. The quantitative estimate of drug-likeness (QED) is 0.450. The standard InChI is InChI=1S/C9H12N4O2S/c1-11-9(16-2)8(13(15)10-14)7-5-3-4-6-12(7)11/h3-6,9,14H,1-2H3. The van der Waals surface area contributed by atoms with E-state index < -0.39 is 0 Å². The Labute approximate surface area is 97.3 Å². The molecule has 1 unspecified atom stereocenters. The molecule has 7 heteroatoms. The van der Waals surface area contributed by atoms with Crippen LogP contribution in [0.15, 0.2) is 41.1 Å². The van der Waals surface area contributed by atoms with Crippen LogP contribution in [0.2, 0.25) is 0 Å². The van der Waals surface area contributed by atoms with E-state index in [0.29, 0.717) is 5.70 Å². The van der Waals surface area contributed by atoms with E-state index in [1.54, 1.807) is 0 Å². The van der Waals surface area contributed by atoms with Crippen LogP contribution in [0.25, 0.3) is 0 Å². The van der Waals surface area contributed by atoms with Gasteiger partial charge < -0.3 is 10.4 Å². The first-order valence-electron chi connectivity index (χ1n) is 4.66. The molecule has 1 N–H and O–H groups in total. The predicted octanol–water partition coefficient (Wildman–Crippen LogP) is 1.48. The molecule has 6 nitrogen and oxygen atoms in total. The maximum absolute atomic E-state index is 11.5. The van der Waals surface area contributed by atoms with Crippen molar-refractivity contribution < 1.29 is 10.1 Å². The first kappa shape index (κ1) is 11.0. The van der Waals surface area contributed by atoms with Crippen LogP contribution in [0.1, 0.15) is 0 Å². The Morgan fingerprint density at radius 1 is 1.56 bits per heavy atom. The molecule has 0 saturated heterocycles. The van der Waals surface area contributed by atoms with Gasteiger partial charge in [0.2, 0.25) is 5.28 Å². The Balaban J connectivity index is 2.50. The summed E-state index contributed by atoms with van der Waals surface area (Å²) >= 11 is 1.50. The number of fused-ring (bicyclic) bond motifs is 1. The van der Waals surface area contributed by atoms with Gasteiger partial charge in [0.15, 0.2) is 5.37 Å². The Morgan fingerprint density at radius 3 is 2.94 bits per heavy atom. The summed E-state index contributed by atoms with van der Waals surface area (Å²) in [5, 5.41) is 26.4. The molecule has 2 aliphatic rings. The Kier molecular flexibility index (Phi) is 2.88. The summed E-state index contributed by atoms with van der Waals surface area (Å²) < 4.78 is 0. The van der Waals surface area contributed by atoms with Gasteiger partial charge in [-0.25, -0.2) is 0 Å². The van der Waals surface area contributed by atoms with Gasteiger partial charge in [-0.3, -0.25) is 5.01 Å². The van der Waals surface area contributed by atoms with Crippen molar-refractivity contribution in [3.05, 3.63) is 41.0 Å². The summed E-state index contributed by atoms with van der Waals surface area (Å²) in [5.74, 6) is 0. The summed E-state index contributed by atoms with van der Waals surface area (Å²) in [7, 11) is 1.88. The lowest BCUT2D eigenvalue weighted by molar-refractivity contribution is -0.510. The second kappa shape index (κ2) is 4.18. The molecule has 86 valence electrons. The Morgan fingerprint density at radius 2 is 2.31 bits per heavy atom. The molecule has 2 aliphatic heterocycles. The number of likely N-dealkylation sites (N-methyl/N-ethyl adjacent to an activating group) is 1. The molecule has 16 heavy (non-hydrogen) atoms. The zero-order valence-corrected chi connectivity index (χ0v) is 9.76. The fraction of sp³-hybridized carbons (Fsp3) is 0.333. The number of allylic oxidation sites excluding steroid dienone is 3. The first-order valence-corrected chi connectivity index (χ1v) is 5.95. The lowest BCUT2D eigenvalue weighted by Gasteiger charge is -2.27.